The smallest absolute Gasteiger partial charge is 0.344 e. The average Bonchev–Trinajstić information content (AvgIpc) is 3.26. The van der Waals surface area contributed by atoms with Crippen LogP contribution in [0.25, 0.3) is 0 Å². The minimum Gasteiger partial charge on any atom is -0.482 e. The number of urea groups is 1. The zero-order chi connectivity index (χ0) is 21.4. The van der Waals surface area contributed by atoms with Gasteiger partial charge in [0.2, 0.25) is 0 Å². The number of carbonyl (C=O) groups is 3. The van der Waals surface area contributed by atoms with Gasteiger partial charge in [-0.25, -0.2) is 18.0 Å². The first-order valence-electron chi connectivity index (χ1n) is 8.16. The maximum atomic E-state index is 12.5. The summed E-state index contributed by atoms with van der Waals surface area (Å²) in [5.41, 5.74) is 0.416. The van der Waals surface area contributed by atoms with E-state index in [1.165, 1.54) is 44.4 Å². The number of hydrogen-bond acceptors (Lipinski definition) is 8. The highest BCUT2D eigenvalue weighted by atomic mass is 32.2. The second-order valence-corrected chi connectivity index (χ2v) is 8.62. The van der Waals surface area contributed by atoms with E-state index in [9.17, 15) is 22.8 Å². The molecule has 0 aliphatic heterocycles. The summed E-state index contributed by atoms with van der Waals surface area (Å²) in [6.45, 7) is -1.09. The lowest BCUT2D eigenvalue weighted by molar-refractivity contribution is -0.150. The van der Waals surface area contributed by atoms with Crippen molar-refractivity contribution in [3.63, 3.8) is 0 Å². The lowest BCUT2D eigenvalue weighted by atomic mass is 10.3. The van der Waals surface area contributed by atoms with E-state index in [1.54, 1.807) is 11.4 Å². The molecule has 1 aromatic carbocycles. The van der Waals surface area contributed by atoms with Gasteiger partial charge in [-0.15, -0.1) is 11.3 Å². The second kappa shape index (κ2) is 9.89. The molecule has 1 heterocycles. The van der Waals surface area contributed by atoms with E-state index in [-0.39, 0.29) is 4.21 Å². The van der Waals surface area contributed by atoms with Crippen LogP contribution >= 0.6 is 11.3 Å². The van der Waals surface area contributed by atoms with Crippen LogP contribution in [0.1, 0.15) is 0 Å². The largest absolute Gasteiger partial charge is 0.482 e. The van der Waals surface area contributed by atoms with E-state index in [0.29, 0.717) is 11.4 Å². The summed E-state index contributed by atoms with van der Waals surface area (Å²) in [6, 6.07) is 8.53. The number of thiophene rings is 1. The minimum absolute atomic E-state index is 0.225. The van der Waals surface area contributed by atoms with Gasteiger partial charge in [0.1, 0.15) is 9.96 Å². The van der Waals surface area contributed by atoms with Crippen LogP contribution in [-0.2, 0) is 24.3 Å². The Morgan fingerprint density at radius 1 is 1.10 bits per heavy atom. The fraction of sp³-hybridized carbons (Fsp3) is 0.235. The third kappa shape index (κ3) is 6.19. The molecule has 2 aromatic rings. The average molecular weight is 441 g/mol. The molecule has 10 nitrogen and oxygen atoms in total. The van der Waals surface area contributed by atoms with Gasteiger partial charge in [-0.3, -0.25) is 14.4 Å². The summed E-state index contributed by atoms with van der Waals surface area (Å²) < 4.78 is 36.3. The Morgan fingerprint density at radius 3 is 2.38 bits per heavy atom. The molecule has 0 saturated heterocycles. The number of ether oxygens (including phenoxy) is 2. The van der Waals surface area contributed by atoms with Crippen LogP contribution in [0.15, 0.2) is 46.0 Å². The van der Waals surface area contributed by atoms with Gasteiger partial charge in [-0.1, -0.05) is 6.07 Å². The number of anilines is 1. The number of benzene rings is 1. The van der Waals surface area contributed by atoms with Crippen LogP contribution in [0.5, 0.6) is 5.75 Å². The summed E-state index contributed by atoms with van der Waals surface area (Å²) in [6.07, 6.45) is 0. The van der Waals surface area contributed by atoms with Crippen molar-refractivity contribution in [2.24, 2.45) is 0 Å². The van der Waals surface area contributed by atoms with Crippen molar-refractivity contribution >= 4 is 45.0 Å². The Balaban J connectivity index is 1.85. The summed E-state index contributed by atoms with van der Waals surface area (Å²) in [4.78, 5) is 33.8. The number of nitrogens with zero attached hydrogens (tertiary/aromatic N) is 1. The first kappa shape index (κ1) is 22.2. The van der Waals surface area contributed by atoms with Gasteiger partial charge in [0.05, 0.1) is 5.69 Å². The molecule has 0 radical (unpaired) electrons. The van der Waals surface area contributed by atoms with E-state index in [1.807, 2.05) is 5.32 Å². The summed E-state index contributed by atoms with van der Waals surface area (Å²) in [7, 11) is -0.870. The highest BCUT2D eigenvalue weighted by Crippen LogP contribution is 2.26. The second-order valence-electron chi connectivity index (χ2n) is 5.48. The van der Waals surface area contributed by atoms with Gasteiger partial charge in [-0.2, -0.15) is 0 Å². The van der Waals surface area contributed by atoms with E-state index in [4.69, 9.17) is 4.74 Å². The highest BCUT2D eigenvalue weighted by molar-refractivity contribution is 7.94. The lowest BCUT2D eigenvalue weighted by Gasteiger charge is -2.18. The zero-order valence-corrected chi connectivity index (χ0v) is 17.2. The molecule has 0 saturated carbocycles. The van der Waals surface area contributed by atoms with Gasteiger partial charge < -0.3 is 14.8 Å². The molecular formula is C17H19N3O7S2. The normalized spacial score (nSPS) is 10.7. The molecule has 0 unspecified atom stereocenters. The van der Waals surface area contributed by atoms with Crippen LogP contribution in [-0.4, -0.2) is 53.6 Å². The highest BCUT2D eigenvalue weighted by Gasteiger charge is 2.22. The number of amides is 3. The third-order valence-electron chi connectivity index (χ3n) is 3.51. The molecule has 0 bridgehead atoms. The molecule has 156 valence electrons. The van der Waals surface area contributed by atoms with Crippen molar-refractivity contribution in [1.29, 1.82) is 0 Å². The Hall–Kier alpha value is -3.12. The zero-order valence-electron chi connectivity index (χ0n) is 15.6. The van der Waals surface area contributed by atoms with Crippen molar-refractivity contribution in [3.05, 3.63) is 41.8 Å². The van der Waals surface area contributed by atoms with Gasteiger partial charge >= 0.3 is 12.0 Å². The number of esters is 1. The Morgan fingerprint density at radius 2 is 1.79 bits per heavy atom. The van der Waals surface area contributed by atoms with Gasteiger partial charge in [-0.05, 0) is 35.7 Å². The first-order chi connectivity index (χ1) is 13.7. The molecule has 2 N–H and O–H groups in total. The number of hydrogen-bond donors (Lipinski definition) is 2. The topological polar surface area (TPSA) is 131 Å². The molecular weight excluding hydrogens is 422 g/mol. The maximum Gasteiger partial charge on any atom is 0.344 e. The molecule has 1 aromatic heterocycles. The number of rotatable bonds is 8. The van der Waals surface area contributed by atoms with Crippen LogP contribution in [0.2, 0.25) is 0 Å². The molecule has 0 spiro atoms. The molecule has 0 aliphatic carbocycles. The first-order valence-corrected chi connectivity index (χ1v) is 10.5. The van der Waals surface area contributed by atoms with Crippen molar-refractivity contribution in [1.82, 2.24) is 10.6 Å². The lowest BCUT2D eigenvalue weighted by Crippen LogP contribution is -2.40. The molecule has 29 heavy (non-hydrogen) atoms. The Bertz CT molecular complexity index is 957. The predicted octanol–water partition coefficient (Wildman–Crippen LogP) is 0.951. The van der Waals surface area contributed by atoms with Crippen LogP contribution in [0.4, 0.5) is 10.5 Å². The van der Waals surface area contributed by atoms with E-state index in [0.717, 1.165) is 15.6 Å². The molecule has 0 fully saturated rings. The molecule has 0 atom stereocenters. The number of imide groups is 1. The van der Waals surface area contributed by atoms with Crippen LogP contribution in [0.3, 0.4) is 0 Å². The third-order valence-corrected chi connectivity index (χ3v) is 6.67. The standard InChI is InChI=1S/C17H19N3O7S2/c1-18-17(23)19-14(21)10-27-15(22)11-26-13-7-5-12(6-8-13)20(2)29(24,25)16-4-3-9-28-16/h3-9H,10-11H2,1-2H3,(H2,18,19,21,23). The van der Waals surface area contributed by atoms with Crippen LogP contribution in [0, 0.1) is 0 Å². The van der Waals surface area contributed by atoms with E-state index in [2.05, 4.69) is 10.1 Å². The minimum atomic E-state index is -3.64. The number of sulfonamides is 1. The molecule has 2 rings (SSSR count). The monoisotopic (exact) mass is 441 g/mol. The van der Waals surface area contributed by atoms with Crippen LogP contribution < -0.4 is 19.7 Å². The molecule has 3 amide bonds. The summed E-state index contributed by atoms with van der Waals surface area (Å²) in [5, 5.41) is 5.80. The SMILES string of the molecule is CNC(=O)NC(=O)COC(=O)COc1ccc(N(C)S(=O)(=O)c2cccs2)cc1. The van der Waals surface area contributed by atoms with Crippen molar-refractivity contribution in [2.45, 2.75) is 4.21 Å². The van der Waals surface area contributed by atoms with E-state index >= 15 is 0 Å². The Labute approximate surface area is 171 Å². The van der Waals surface area contributed by atoms with Crippen molar-refractivity contribution in [3.8, 4) is 5.75 Å². The summed E-state index contributed by atoms with van der Waals surface area (Å²) in [5.74, 6) is -1.28. The van der Waals surface area contributed by atoms with Crippen molar-refractivity contribution in [2.75, 3.05) is 31.6 Å². The Kier molecular flexibility index (Phi) is 7.56. The van der Waals surface area contributed by atoms with Gasteiger partial charge in [0, 0.05) is 14.1 Å². The molecule has 0 aliphatic rings. The number of nitrogens with one attached hydrogen (secondary N) is 2. The quantitative estimate of drug-likeness (QED) is 0.583. The predicted molar refractivity (Wildman–Crippen MR) is 105 cm³/mol. The molecule has 12 heteroatoms. The summed E-state index contributed by atoms with van der Waals surface area (Å²) >= 11 is 1.12. The maximum absolute atomic E-state index is 12.5. The fourth-order valence-electron chi connectivity index (χ4n) is 1.99. The van der Waals surface area contributed by atoms with E-state index < -0.39 is 41.1 Å². The fourth-order valence-corrected chi connectivity index (χ4v) is 4.35. The number of carbonyl (C=O) groups excluding carboxylic acids is 3. The van der Waals surface area contributed by atoms with Crippen molar-refractivity contribution < 1.29 is 32.3 Å². The van der Waals surface area contributed by atoms with Gasteiger partial charge in [0.15, 0.2) is 13.2 Å². The van der Waals surface area contributed by atoms with Gasteiger partial charge in [0.25, 0.3) is 15.9 Å².